The van der Waals surface area contributed by atoms with Gasteiger partial charge in [-0.3, -0.25) is 0 Å². The Balaban J connectivity index is 2.15. The molecular weight excluding hydrogens is 329 g/mol. The van der Waals surface area contributed by atoms with Crippen molar-refractivity contribution in [1.29, 1.82) is 0 Å². The predicted octanol–water partition coefficient (Wildman–Crippen LogP) is 4.60. The molecule has 0 radical (unpaired) electrons. The molecule has 3 aromatic rings. The molecule has 0 amide bonds. The van der Waals surface area contributed by atoms with E-state index in [9.17, 15) is 14.3 Å². The van der Waals surface area contributed by atoms with E-state index in [-0.39, 0.29) is 18.2 Å². The summed E-state index contributed by atoms with van der Waals surface area (Å²) in [7, 11) is 0. The molecule has 0 spiro atoms. The first-order valence-electron chi connectivity index (χ1n) is 7.49. The quantitative estimate of drug-likeness (QED) is 0.705. The molecule has 0 aliphatic heterocycles. The molecule has 124 valence electrons. The van der Waals surface area contributed by atoms with Gasteiger partial charge in [-0.05, 0) is 38.5 Å². The fraction of sp³-hybridized carbons (Fsp3) is 0.222. The lowest BCUT2D eigenvalue weighted by molar-refractivity contribution is 0.0531. The maximum Gasteiger partial charge on any atom is 0.350 e. The van der Waals surface area contributed by atoms with E-state index in [4.69, 9.17) is 4.74 Å². The lowest BCUT2D eigenvalue weighted by atomic mass is 10.0. The van der Waals surface area contributed by atoms with Gasteiger partial charge in [-0.2, -0.15) is 0 Å². The van der Waals surface area contributed by atoms with Gasteiger partial charge in [0.15, 0.2) is 0 Å². The zero-order valence-electron chi connectivity index (χ0n) is 13.5. The Morgan fingerprint density at radius 3 is 2.75 bits per heavy atom. The van der Waals surface area contributed by atoms with E-state index in [1.165, 1.54) is 17.4 Å². The van der Waals surface area contributed by atoms with Crippen LogP contribution in [0.25, 0.3) is 21.3 Å². The van der Waals surface area contributed by atoms with Crippen LogP contribution in [-0.4, -0.2) is 22.7 Å². The third-order valence-corrected chi connectivity index (χ3v) is 4.93. The number of rotatable bonds is 3. The van der Waals surface area contributed by atoms with E-state index >= 15 is 0 Å². The molecule has 0 atom stereocenters. The normalized spacial score (nSPS) is 11.0. The second-order valence-corrected chi connectivity index (χ2v) is 6.44. The number of thiazole rings is 1. The average molecular weight is 345 g/mol. The van der Waals surface area contributed by atoms with E-state index in [0.717, 1.165) is 0 Å². The number of hydrogen-bond acceptors (Lipinski definition) is 5. The zero-order chi connectivity index (χ0) is 17.4. The Kier molecular flexibility index (Phi) is 4.24. The minimum absolute atomic E-state index is 0.0214. The van der Waals surface area contributed by atoms with Crippen molar-refractivity contribution in [2.75, 3.05) is 6.61 Å². The van der Waals surface area contributed by atoms with E-state index in [1.807, 2.05) is 0 Å². The molecule has 24 heavy (non-hydrogen) atoms. The number of aromatic hydroxyl groups is 1. The van der Waals surface area contributed by atoms with E-state index in [2.05, 4.69) is 4.98 Å². The molecule has 0 saturated carbocycles. The van der Waals surface area contributed by atoms with Crippen molar-refractivity contribution in [1.82, 2.24) is 4.98 Å². The summed E-state index contributed by atoms with van der Waals surface area (Å²) in [6, 6.07) is 6.49. The van der Waals surface area contributed by atoms with E-state index in [0.29, 0.717) is 37.5 Å². The minimum Gasteiger partial charge on any atom is -0.507 e. The van der Waals surface area contributed by atoms with Gasteiger partial charge in [0.1, 0.15) is 21.5 Å². The number of fused-ring (bicyclic) bond motifs is 1. The number of phenolic OH excluding ortho intramolecular Hbond substituents is 1. The number of aryl methyl sites for hydroxylation is 2. The highest BCUT2D eigenvalue weighted by molar-refractivity contribution is 7.17. The third-order valence-electron chi connectivity index (χ3n) is 3.75. The number of benzene rings is 2. The number of ether oxygens (including phenoxy) is 1. The van der Waals surface area contributed by atoms with Crippen LogP contribution in [0.15, 0.2) is 24.3 Å². The van der Waals surface area contributed by atoms with Gasteiger partial charge in [0, 0.05) is 16.3 Å². The lowest BCUT2D eigenvalue weighted by Gasteiger charge is -2.07. The van der Waals surface area contributed by atoms with Gasteiger partial charge in [0.2, 0.25) is 0 Å². The molecular formula is C18H16FNO3S. The number of hydrogen-bond donors (Lipinski definition) is 1. The Morgan fingerprint density at radius 2 is 2.04 bits per heavy atom. The first-order valence-corrected chi connectivity index (χ1v) is 8.30. The molecule has 0 fully saturated rings. The van der Waals surface area contributed by atoms with Gasteiger partial charge in [-0.15, -0.1) is 11.3 Å². The van der Waals surface area contributed by atoms with Crippen molar-refractivity contribution in [3.8, 4) is 16.3 Å². The van der Waals surface area contributed by atoms with Gasteiger partial charge < -0.3 is 9.84 Å². The number of esters is 1. The fourth-order valence-corrected chi connectivity index (χ4v) is 3.47. The second kappa shape index (κ2) is 6.20. The highest BCUT2D eigenvalue weighted by Crippen LogP contribution is 2.36. The maximum atomic E-state index is 14.4. The van der Waals surface area contributed by atoms with Crippen LogP contribution in [0.1, 0.15) is 27.9 Å². The number of phenols is 1. The summed E-state index contributed by atoms with van der Waals surface area (Å²) in [6.07, 6.45) is 0. The standard InChI is InChI=1S/C18H16FNO3S/c1-4-23-18(22)16-10(3)20-17(24-16)11-7-13-12(14(21)8-11)6-5-9(2)15(13)19/h5-8,21H,4H2,1-3H3. The number of aromatic nitrogens is 1. The van der Waals surface area contributed by atoms with Crippen molar-refractivity contribution in [2.24, 2.45) is 0 Å². The van der Waals surface area contributed by atoms with Gasteiger partial charge in [-0.25, -0.2) is 14.2 Å². The smallest absolute Gasteiger partial charge is 0.350 e. The monoisotopic (exact) mass is 345 g/mol. The average Bonchev–Trinajstić information content (AvgIpc) is 2.93. The summed E-state index contributed by atoms with van der Waals surface area (Å²) in [5, 5.41) is 11.5. The molecule has 6 heteroatoms. The lowest BCUT2D eigenvalue weighted by Crippen LogP contribution is -2.03. The van der Waals surface area contributed by atoms with Crippen LogP contribution in [0.4, 0.5) is 4.39 Å². The Labute approximate surface area is 142 Å². The summed E-state index contributed by atoms with van der Waals surface area (Å²) in [4.78, 5) is 16.7. The first-order chi connectivity index (χ1) is 11.4. The number of carbonyl (C=O) groups is 1. The first kappa shape index (κ1) is 16.4. The SMILES string of the molecule is CCOC(=O)c1sc(-c2cc(O)c3ccc(C)c(F)c3c2)nc1C. The third kappa shape index (κ3) is 2.73. The number of carbonyl (C=O) groups excluding carboxylic acids is 1. The van der Waals surface area contributed by atoms with Gasteiger partial charge in [-0.1, -0.05) is 12.1 Å². The van der Waals surface area contributed by atoms with Crippen LogP contribution >= 0.6 is 11.3 Å². The van der Waals surface area contributed by atoms with Crippen LogP contribution in [0.5, 0.6) is 5.75 Å². The number of nitrogens with zero attached hydrogens (tertiary/aromatic N) is 1. The molecule has 0 bridgehead atoms. The van der Waals surface area contributed by atoms with Gasteiger partial charge >= 0.3 is 5.97 Å². The summed E-state index contributed by atoms with van der Waals surface area (Å²) < 4.78 is 19.4. The zero-order valence-corrected chi connectivity index (χ0v) is 14.3. The molecule has 4 nitrogen and oxygen atoms in total. The highest BCUT2D eigenvalue weighted by Gasteiger charge is 2.18. The van der Waals surface area contributed by atoms with Crippen LogP contribution < -0.4 is 0 Å². The summed E-state index contributed by atoms with van der Waals surface area (Å²) in [6.45, 7) is 5.41. The maximum absolute atomic E-state index is 14.4. The Bertz CT molecular complexity index is 949. The molecule has 0 aliphatic rings. The minimum atomic E-state index is -0.425. The molecule has 3 rings (SSSR count). The topological polar surface area (TPSA) is 59.4 Å². The molecule has 0 aliphatic carbocycles. The molecule has 1 heterocycles. The molecule has 0 unspecified atom stereocenters. The van der Waals surface area contributed by atoms with E-state index < -0.39 is 5.97 Å². The van der Waals surface area contributed by atoms with Crippen molar-refractivity contribution >= 4 is 28.1 Å². The molecule has 0 saturated heterocycles. The van der Waals surface area contributed by atoms with Crippen LogP contribution in [0, 0.1) is 19.7 Å². The molecule has 2 aromatic carbocycles. The van der Waals surface area contributed by atoms with Gasteiger partial charge in [0.05, 0.1) is 12.3 Å². The Morgan fingerprint density at radius 1 is 1.29 bits per heavy atom. The van der Waals surface area contributed by atoms with Crippen molar-refractivity contribution in [3.63, 3.8) is 0 Å². The summed E-state index contributed by atoms with van der Waals surface area (Å²) >= 11 is 1.17. The fourth-order valence-electron chi connectivity index (χ4n) is 2.52. The summed E-state index contributed by atoms with van der Waals surface area (Å²) in [5.41, 5.74) is 1.62. The van der Waals surface area contributed by atoms with Crippen LogP contribution in [0.3, 0.4) is 0 Å². The van der Waals surface area contributed by atoms with Crippen LogP contribution in [-0.2, 0) is 4.74 Å². The summed E-state index contributed by atoms with van der Waals surface area (Å²) in [5.74, 6) is -0.818. The van der Waals surface area contributed by atoms with Crippen molar-refractivity contribution in [3.05, 3.63) is 46.2 Å². The molecule has 1 aromatic heterocycles. The van der Waals surface area contributed by atoms with Gasteiger partial charge in [0.25, 0.3) is 0 Å². The Hall–Kier alpha value is -2.47. The predicted molar refractivity (Wildman–Crippen MR) is 92.1 cm³/mol. The molecule has 1 N–H and O–H groups in total. The highest BCUT2D eigenvalue weighted by atomic mass is 32.1. The van der Waals surface area contributed by atoms with Crippen molar-refractivity contribution in [2.45, 2.75) is 20.8 Å². The van der Waals surface area contributed by atoms with E-state index in [1.54, 1.807) is 39.0 Å². The van der Waals surface area contributed by atoms with Crippen LogP contribution in [0.2, 0.25) is 0 Å². The second-order valence-electron chi connectivity index (χ2n) is 5.44. The number of halogens is 1. The largest absolute Gasteiger partial charge is 0.507 e. The van der Waals surface area contributed by atoms with Crippen molar-refractivity contribution < 1.29 is 19.0 Å².